The Labute approximate surface area is 210 Å². The number of hydrogen-bond donors (Lipinski definition) is 0. The molecule has 7 unspecified atom stereocenters. The first-order chi connectivity index (χ1) is 16.8. The number of hydrogen-bond acceptors (Lipinski definition) is 2. The summed E-state index contributed by atoms with van der Waals surface area (Å²) in [6.07, 6.45) is 26.1. The number of anilines is 1. The minimum Gasteiger partial charge on any atom is -0.343 e. The molecule has 34 heavy (non-hydrogen) atoms. The van der Waals surface area contributed by atoms with Crippen LogP contribution in [0.15, 0.2) is 78.0 Å². The largest absolute Gasteiger partial charge is 0.343 e. The van der Waals surface area contributed by atoms with Gasteiger partial charge in [0.15, 0.2) is 6.71 Å². The summed E-state index contributed by atoms with van der Waals surface area (Å²) in [5, 5.41) is 0.279. The van der Waals surface area contributed by atoms with E-state index in [9.17, 15) is 0 Å². The predicted octanol–water partition coefficient (Wildman–Crippen LogP) is 7.17. The molecule has 2 heterocycles. The summed E-state index contributed by atoms with van der Waals surface area (Å²) < 4.78 is 0. The molecular formula is C30H36BClN2. The number of halogens is 1. The van der Waals surface area contributed by atoms with Crippen molar-refractivity contribution in [3.63, 3.8) is 0 Å². The van der Waals surface area contributed by atoms with Crippen molar-refractivity contribution in [3.8, 4) is 0 Å². The summed E-state index contributed by atoms with van der Waals surface area (Å²) in [4.78, 5) is 5.73. The highest BCUT2D eigenvalue weighted by atomic mass is 35.5. The first-order valence-corrected chi connectivity index (χ1v) is 14.2. The van der Waals surface area contributed by atoms with E-state index < -0.39 is 0 Å². The van der Waals surface area contributed by atoms with Crippen LogP contribution in [0.25, 0.3) is 0 Å². The molecule has 4 aliphatic carbocycles. The molecule has 6 aliphatic rings. The number of rotatable bonds is 2. The fourth-order valence-corrected chi connectivity index (χ4v) is 8.86. The second kappa shape index (κ2) is 8.75. The molecule has 1 aromatic rings. The van der Waals surface area contributed by atoms with Gasteiger partial charge in [-0.25, -0.2) is 0 Å². The Morgan fingerprint density at radius 1 is 0.971 bits per heavy atom. The van der Waals surface area contributed by atoms with E-state index in [1.165, 1.54) is 50.6 Å². The van der Waals surface area contributed by atoms with E-state index in [0.717, 1.165) is 18.7 Å². The molecule has 1 aromatic carbocycles. The number of para-hydroxylation sites is 1. The van der Waals surface area contributed by atoms with Crippen LogP contribution in [-0.2, 0) is 0 Å². The van der Waals surface area contributed by atoms with Crippen LogP contribution < -0.4 is 4.90 Å². The van der Waals surface area contributed by atoms with Gasteiger partial charge in [-0.3, -0.25) is 4.90 Å². The molecule has 0 bridgehead atoms. The molecule has 7 atom stereocenters. The molecule has 0 N–H and O–H groups in total. The van der Waals surface area contributed by atoms with Gasteiger partial charge in [-0.2, -0.15) is 0 Å². The van der Waals surface area contributed by atoms with Gasteiger partial charge in [0.25, 0.3) is 0 Å². The first-order valence-electron chi connectivity index (χ1n) is 13.8. The highest BCUT2D eigenvalue weighted by Gasteiger charge is 2.59. The zero-order valence-electron chi connectivity index (χ0n) is 20.1. The summed E-state index contributed by atoms with van der Waals surface area (Å²) in [6, 6.07) is 13.5. The Kier molecular flexibility index (Phi) is 5.55. The lowest BCUT2D eigenvalue weighted by Crippen LogP contribution is -2.67. The molecule has 0 amide bonds. The predicted molar refractivity (Wildman–Crippen MR) is 145 cm³/mol. The minimum atomic E-state index is 0.279. The number of benzene rings is 1. The fraction of sp³-hybridized carbons (Fsp3) is 0.533. The van der Waals surface area contributed by atoms with Crippen LogP contribution in [0.5, 0.6) is 0 Å². The van der Waals surface area contributed by atoms with Crippen LogP contribution >= 0.6 is 11.6 Å². The van der Waals surface area contributed by atoms with E-state index >= 15 is 0 Å². The number of allylic oxidation sites excluding steroid dienone is 4. The van der Waals surface area contributed by atoms with Gasteiger partial charge in [-0.1, -0.05) is 73.3 Å². The molecule has 3 fully saturated rings. The van der Waals surface area contributed by atoms with Crippen LogP contribution in [0, 0.1) is 0 Å². The first kappa shape index (κ1) is 21.6. The van der Waals surface area contributed by atoms with Gasteiger partial charge < -0.3 is 4.90 Å². The maximum Gasteiger partial charge on any atom is 0.189 e. The van der Waals surface area contributed by atoms with Crippen molar-refractivity contribution in [3.05, 3.63) is 78.0 Å². The van der Waals surface area contributed by atoms with Crippen molar-refractivity contribution in [2.75, 3.05) is 4.90 Å². The standard InChI is InChI=1S/C30H36BClN2/c32-21-18-19-25-29(20-21)34(23-12-5-2-6-13-23)28-17-9-16-27-30(28)31(25)24-14-7-8-15-26(24)33(27)22-10-3-1-4-11-22/h1-5,9-11,16-17,19,21,23-24,26,28-30H,6-8,12-15,18,20H2. The maximum absolute atomic E-state index is 6.87. The minimum absolute atomic E-state index is 0.279. The van der Waals surface area contributed by atoms with Crippen molar-refractivity contribution in [2.24, 2.45) is 0 Å². The number of fused-ring (bicyclic) bond motifs is 4. The lowest BCUT2D eigenvalue weighted by atomic mass is 9.22. The molecule has 2 aliphatic heterocycles. The molecule has 0 aromatic heterocycles. The van der Waals surface area contributed by atoms with Gasteiger partial charge >= 0.3 is 0 Å². The summed E-state index contributed by atoms with van der Waals surface area (Å²) in [5.41, 5.74) is 4.74. The molecular weight excluding hydrogens is 435 g/mol. The summed E-state index contributed by atoms with van der Waals surface area (Å²) in [6.45, 7) is 0.677. The summed E-state index contributed by atoms with van der Waals surface area (Å²) in [5.74, 6) is 1.31. The Morgan fingerprint density at radius 3 is 2.71 bits per heavy atom. The molecule has 176 valence electrons. The molecule has 2 saturated heterocycles. The average Bonchev–Trinajstić information content (AvgIpc) is 2.89. The van der Waals surface area contributed by atoms with Gasteiger partial charge in [0.05, 0.1) is 0 Å². The zero-order valence-corrected chi connectivity index (χ0v) is 20.9. The number of nitrogens with zero attached hydrogens (tertiary/aromatic N) is 2. The van der Waals surface area contributed by atoms with Gasteiger partial charge in [0.2, 0.25) is 0 Å². The van der Waals surface area contributed by atoms with E-state index in [2.05, 4.69) is 76.6 Å². The SMILES string of the molecule is ClC1CC=C2B3C4CCCCC4N(c4ccccc4)C4=CC=CC(C34)N(C3CC=CCC3)C2C1. The van der Waals surface area contributed by atoms with Crippen LogP contribution in [0.2, 0.25) is 11.6 Å². The van der Waals surface area contributed by atoms with Crippen molar-refractivity contribution in [1.29, 1.82) is 0 Å². The molecule has 4 heteroatoms. The second-order valence-corrected chi connectivity index (χ2v) is 12.0. The third-order valence-corrected chi connectivity index (χ3v) is 10.1. The van der Waals surface area contributed by atoms with Crippen LogP contribution in [0.3, 0.4) is 0 Å². The van der Waals surface area contributed by atoms with Crippen molar-refractivity contribution >= 4 is 24.0 Å². The molecule has 1 saturated carbocycles. The number of alkyl halides is 1. The Balaban J connectivity index is 1.38. The van der Waals surface area contributed by atoms with Gasteiger partial charge in [0.1, 0.15) is 0 Å². The monoisotopic (exact) mass is 470 g/mol. The highest BCUT2D eigenvalue weighted by molar-refractivity contribution is 6.72. The van der Waals surface area contributed by atoms with Gasteiger partial charge in [0, 0.05) is 46.7 Å². The van der Waals surface area contributed by atoms with E-state index in [4.69, 9.17) is 11.6 Å². The molecule has 0 radical (unpaired) electrons. The fourth-order valence-electron chi connectivity index (χ4n) is 8.60. The summed E-state index contributed by atoms with van der Waals surface area (Å²) in [7, 11) is 0. The Bertz CT molecular complexity index is 1050. The van der Waals surface area contributed by atoms with Crippen molar-refractivity contribution < 1.29 is 0 Å². The lowest BCUT2D eigenvalue weighted by Gasteiger charge is -2.63. The second-order valence-electron chi connectivity index (χ2n) is 11.4. The third kappa shape index (κ3) is 3.33. The van der Waals surface area contributed by atoms with Gasteiger partial charge in [-0.05, 0) is 62.6 Å². The summed E-state index contributed by atoms with van der Waals surface area (Å²) >= 11 is 6.87. The molecule has 2 nitrogen and oxygen atoms in total. The normalized spacial score (nSPS) is 39.0. The molecule has 0 spiro atoms. The quantitative estimate of drug-likeness (QED) is 0.257. The lowest BCUT2D eigenvalue weighted by molar-refractivity contribution is 0.0921. The highest BCUT2D eigenvalue weighted by Crippen LogP contribution is 2.58. The van der Waals surface area contributed by atoms with Crippen LogP contribution in [0.1, 0.15) is 57.8 Å². The Hall–Kier alpha value is -1.71. The van der Waals surface area contributed by atoms with Crippen molar-refractivity contribution in [2.45, 2.75) is 99.0 Å². The van der Waals surface area contributed by atoms with E-state index in [1.54, 1.807) is 11.2 Å². The Morgan fingerprint density at radius 2 is 1.85 bits per heavy atom. The maximum atomic E-state index is 6.87. The van der Waals surface area contributed by atoms with Crippen LogP contribution in [0.4, 0.5) is 5.69 Å². The molecule has 7 rings (SSSR count). The van der Waals surface area contributed by atoms with E-state index in [-0.39, 0.29) is 5.38 Å². The topological polar surface area (TPSA) is 6.48 Å². The van der Waals surface area contributed by atoms with Crippen LogP contribution in [-0.4, -0.2) is 41.2 Å². The average molecular weight is 471 g/mol. The van der Waals surface area contributed by atoms with Crippen molar-refractivity contribution in [1.82, 2.24) is 4.90 Å². The smallest absolute Gasteiger partial charge is 0.189 e. The zero-order chi connectivity index (χ0) is 22.6. The van der Waals surface area contributed by atoms with E-state index in [1.807, 2.05) is 0 Å². The third-order valence-electron chi connectivity index (χ3n) is 9.78. The van der Waals surface area contributed by atoms with Gasteiger partial charge in [-0.15, -0.1) is 11.6 Å². The van der Waals surface area contributed by atoms with E-state index in [0.29, 0.717) is 36.7 Å².